The number of pyridine rings is 1. The molecule has 0 unspecified atom stereocenters. The van der Waals surface area contributed by atoms with Crippen molar-refractivity contribution < 1.29 is 0 Å². The lowest BCUT2D eigenvalue weighted by molar-refractivity contribution is 0.959. The molecule has 0 amide bonds. The summed E-state index contributed by atoms with van der Waals surface area (Å²) in [5.74, 6) is 0. The summed E-state index contributed by atoms with van der Waals surface area (Å²) in [4.78, 5) is 4.81. The molecule has 0 fully saturated rings. The molecule has 0 aliphatic carbocycles. The number of hydrogen-bond acceptors (Lipinski definition) is 2. The van der Waals surface area contributed by atoms with Crippen molar-refractivity contribution in [2.24, 2.45) is 5.73 Å². The number of rotatable bonds is 2. The van der Waals surface area contributed by atoms with E-state index in [1.165, 1.54) is 11.1 Å². The highest BCUT2D eigenvalue weighted by molar-refractivity contribution is 5.69. The van der Waals surface area contributed by atoms with Gasteiger partial charge in [-0.05, 0) is 49.6 Å². The summed E-state index contributed by atoms with van der Waals surface area (Å²) in [6, 6.07) is 10.6. The van der Waals surface area contributed by atoms with E-state index in [2.05, 4.69) is 49.4 Å². The third-order valence-electron chi connectivity index (χ3n) is 3.92. The van der Waals surface area contributed by atoms with Gasteiger partial charge < -0.3 is 10.1 Å². The molecule has 0 aliphatic heterocycles. The first-order valence-corrected chi connectivity index (χ1v) is 6.86. The van der Waals surface area contributed by atoms with Crippen LogP contribution in [-0.2, 0) is 6.54 Å². The largest absolute Gasteiger partial charge is 0.325 e. The minimum atomic E-state index is 0.479. The molecule has 0 spiro atoms. The van der Waals surface area contributed by atoms with Gasteiger partial charge in [0.15, 0.2) is 0 Å². The summed E-state index contributed by atoms with van der Waals surface area (Å²) < 4.78 is 2.10. The fraction of sp³-hybridized carbons (Fsp3) is 0.235. The van der Waals surface area contributed by atoms with Gasteiger partial charge in [-0.1, -0.05) is 18.2 Å². The summed E-state index contributed by atoms with van der Waals surface area (Å²) in [6.07, 6.45) is 2.03. The van der Waals surface area contributed by atoms with Crippen LogP contribution in [0.2, 0.25) is 0 Å². The molecule has 20 heavy (non-hydrogen) atoms. The van der Waals surface area contributed by atoms with Crippen LogP contribution in [0, 0.1) is 20.8 Å². The van der Waals surface area contributed by atoms with Crippen molar-refractivity contribution in [2.75, 3.05) is 0 Å². The van der Waals surface area contributed by atoms with Gasteiger partial charge >= 0.3 is 0 Å². The Morgan fingerprint density at radius 2 is 1.85 bits per heavy atom. The number of benzene rings is 1. The van der Waals surface area contributed by atoms with Crippen LogP contribution in [0.1, 0.15) is 22.4 Å². The summed E-state index contributed by atoms with van der Waals surface area (Å²) in [5.41, 5.74) is 13.9. The first-order valence-electron chi connectivity index (χ1n) is 6.86. The van der Waals surface area contributed by atoms with Crippen LogP contribution < -0.4 is 5.73 Å². The highest BCUT2D eigenvalue weighted by atomic mass is 15.0. The van der Waals surface area contributed by atoms with Crippen molar-refractivity contribution in [1.29, 1.82) is 0 Å². The van der Waals surface area contributed by atoms with E-state index in [-0.39, 0.29) is 0 Å². The Morgan fingerprint density at radius 1 is 1.05 bits per heavy atom. The van der Waals surface area contributed by atoms with Crippen molar-refractivity contribution >= 4 is 5.65 Å². The molecule has 3 rings (SSSR count). The minimum absolute atomic E-state index is 0.479. The zero-order valence-electron chi connectivity index (χ0n) is 12.1. The van der Waals surface area contributed by atoms with Gasteiger partial charge in [0, 0.05) is 18.3 Å². The zero-order chi connectivity index (χ0) is 14.3. The van der Waals surface area contributed by atoms with Gasteiger partial charge in [-0.3, -0.25) is 0 Å². The van der Waals surface area contributed by atoms with Crippen LogP contribution in [0.3, 0.4) is 0 Å². The van der Waals surface area contributed by atoms with Gasteiger partial charge in [-0.2, -0.15) is 0 Å². The van der Waals surface area contributed by atoms with Crippen molar-refractivity contribution in [1.82, 2.24) is 9.38 Å². The Kier molecular flexibility index (Phi) is 3.07. The number of hydrogen-bond donors (Lipinski definition) is 1. The first-order chi connectivity index (χ1) is 9.61. The van der Waals surface area contributed by atoms with E-state index in [9.17, 15) is 0 Å². The van der Waals surface area contributed by atoms with Crippen LogP contribution in [0.5, 0.6) is 0 Å². The maximum absolute atomic E-state index is 5.96. The molecule has 0 saturated heterocycles. The SMILES string of the molecule is Cc1ccc(-c2nc3c(C)cccn3c2CN)cc1C. The number of fused-ring (bicyclic) bond motifs is 1. The highest BCUT2D eigenvalue weighted by Gasteiger charge is 2.14. The van der Waals surface area contributed by atoms with Crippen LogP contribution in [0.15, 0.2) is 36.5 Å². The molecular weight excluding hydrogens is 246 g/mol. The fourth-order valence-electron chi connectivity index (χ4n) is 2.57. The molecule has 2 heterocycles. The van der Waals surface area contributed by atoms with Gasteiger partial charge in [0.1, 0.15) is 5.65 Å². The minimum Gasteiger partial charge on any atom is -0.325 e. The van der Waals surface area contributed by atoms with Crippen LogP contribution >= 0.6 is 0 Å². The van der Waals surface area contributed by atoms with E-state index in [0.717, 1.165) is 28.2 Å². The lowest BCUT2D eigenvalue weighted by atomic mass is 10.0. The van der Waals surface area contributed by atoms with Crippen molar-refractivity contribution in [3.63, 3.8) is 0 Å². The molecule has 1 aromatic carbocycles. The van der Waals surface area contributed by atoms with Gasteiger partial charge in [-0.15, -0.1) is 0 Å². The topological polar surface area (TPSA) is 43.3 Å². The van der Waals surface area contributed by atoms with E-state index < -0.39 is 0 Å². The van der Waals surface area contributed by atoms with Crippen LogP contribution in [0.4, 0.5) is 0 Å². The molecule has 2 aromatic heterocycles. The monoisotopic (exact) mass is 265 g/mol. The average Bonchev–Trinajstić information content (AvgIpc) is 2.82. The van der Waals surface area contributed by atoms with E-state index in [4.69, 9.17) is 10.7 Å². The molecule has 3 heteroatoms. The van der Waals surface area contributed by atoms with E-state index >= 15 is 0 Å². The Labute approximate surface area is 119 Å². The van der Waals surface area contributed by atoms with E-state index in [1.807, 2.05) is 12.3 Å². The number of nitrogens with two attached hydrogens (primary N) is 1. The van der Waals surface area contributed by atoms with E-state index in [0.29, 0.717) is 6.54 Å². The third-order valence-corrected chi connectivity index (χ3v) is 3.92. The van der Waals surface area contributed by atoms with Crippen molar-refractivity contribution in [3.05, 3.63) is 58.9 Å². The fourth-order valence-corrected chi connectivity index (χ4v) is 2.57. The summed E-state index contributed by atoms with van der Waals surface area (Å²) in [6.45, 7) is 6.80. The van der Waals surface area contributed by atoms with Crippen molar-refractivity contribution in [2.45, 2.75) is 27.3 Å². The molecule has 3 aromatic rings. The normalized spacial score (nSPS) is 11.2. The second-order valence-electron chi connectivity index (χ2n) is 5.30. The van der Waals surface area contributed by atoms with E-state index in [1.54, 1.807) is 0 Å². The second kappa shape index (κ2) is 4.76. The first kappa shape index (κ1) is 12.9. The molecule has 2 N–H and O–H groups in total. The predicted octanol–water partition coefficient (Wildman–Crippen LogP) is 3.39. The maximum atomic E-state index is 5.96. The van der Waals surface area contributed by atoms with Gasteiger partial charge in [0.2, 0.25) is 0 Å². The molecule has 0 aliphatic rings. The average molecular weight is 265 g/mol. The predicted molar refractivity (Wildman–Crippen MR) is 82.7 cm³/mol. The maximum Gasteiger partial charge on any atom is 0.140 e. The Morgan fingerprint density at radius 3 is 2.55 bits per heavy atom. The Balaban J connectivity index is 2.30. The summed E-state index contributed by atoms with van der Waals surface area (Å²) in [7, 11) is 0. The smallest absolute Gasteiger partial charge is 0.140 e. The quantitative estimate of drug-likeness (QED) is 0.772. The Bertz CT molecular complexity index is 784. The highest BCUT2D eigenvalue weighted by Crippen LogP contribution is 2.27. The zero-order valence-corrected chi connectivity index (χ0v) is 12.1. The molecule has 0 radical (unpaired) electrons. The molecule has 0 bridgehead atoms. The number of aromatic nitrogens is 2. The molecule has 0 saturated carbocycles. The molecule has 0 atom stereocenters. The van der Waals surface area contributed by atoms with Gasteiger partial charge in [0.05, 0.1) is 11.4 Å². The Hall–Kier alpha value is -2.13. The number of aryl methyl sites for hydroxylation is 3. The molecular formula is C17H19N3. The van der Waals surface area contributed by atoms with Gasteiger partial charge in [-0.25, -0.2) is 4.98 Å². The second-order valence-corrected chi connectivity index (χ2v) is 5.30. The molecule has 3 nitrogen and oxygen atoms in total. The summed E-state index contributed by atoms with van der Waals surface area (Å²) >= 11 is 0. The van der Waals surface area contributed by atoms with Crippen LogP contribution in [0.25, 0.3) is 16.9 Å². The van der Waals surface area contributed by atoms with Crippen molar-refractivity contribution in [3.8, 4) is 11.3 Å². The lowest BCUT2D eigenvalue weighted by Crippen LogP contribution is -2.02. The van der Waals surface area contributed by atoms with Crippen LogP contribution in [-0.4, -0.2) is 9.38 Å². The van der Waals surface area contributed by atoms with Gasteiger partial charge in [0.25, 0.3) is 0 Å². The lowest BCUT2D eigenvalue weighted by Gasteiger charge is -2.05. The number of imidazole rings is 1. The third kappa shape index (κ3) is 1.91. The standard InChI is InChI=1S/C17H19N3/c1-11-6-7-14(9-13(11)3)16-15(10-18)20-8-4-5-12(2)17(20)19-16/h4-9H,10,18H2,1-3H3. The molecule has 102 valence electrons. The summed E-state index contributed by atoms with van der Waals surface area (Å²) in [5, 5.41) is 0. The number of nitrogens with zero attached hydrogens (tertiary/aromatic N) is 2.